The average Bonchev–Trinajstić information content (AvgIpc) is 3.21. The Hall–Kier alpha value is -3.87. The first kappa shape index (κ1) is 20.4. The summed E-state index contributed by atoms with van der Waals surface area (Å²) in [5.41, 5.74) is 4.43. The molecular weight excluding hydrogens is 392 g/mol. The minimum atomic E-state index is -0.300. The molecule has 7 nitrogen and oxygen atoms in total. The molecule has 0 aliphatic heterocycles. The maximum atomic E-state index is 12.8. The molecule has 0 radical (unpaired) electrons. The second kappa shape index (κ2) is 8.10. The molecular formula is C24H24N4O3. The molecule has 1 unspecified atom stereocenters. The molecule has 1 atom stereocenters. The Bertz CT molecular complexity index is 1320. The number of hydrogen-bond acceptors (Lipinski definition) is 4. The maximum Gasteiger partial charge on any atom is 0.275 e. The smallest absolute Gasteiger partial charge is 0.275 e. The second-order valence-electron chi connectivity index (χ2n) is 7.63. The number of carbonyl (C=O) groups excluding carboxylic acids is 1. The van der Waals surface area contributed by atoms with E-state index in [0.717, 1.165) is 28.0 Å². The van der Waals surface area contributed by atoms with Gasteiger partial charge in [0.25, 0.3) is 11.5 Å². The van der Waals surface area contributed by atoms with E-state index in [1.807, 2.05) is 63.2 Å². The fourth-order valence-electron chi connectivity index (χ4n) is 3.41. The number of rotatable bonds is 5. The molecule has 7 heteroatoms. The normalized spacial score (nSPS) is 12.0. The highest BCUT2D eigenvalue weighted by Gasteiger charge is 2.16. The van der Waals surface area contributed by atoms with Gasteiger partial charge in [0, 0.05) is 11.8 Å². The minimum absolute atomic E-state index is 0.209. The third-order valence-corrected chi connectivity index (χ3v) is 5.48. The van der Waals surface area contributed by atoms with Crippen LogP contribution in [0.2, 0.25) is 0 Å². The number of fused-ring (bicyclic) bond motifs is 1. The van der Waals surface area contributed by atoms with Crippen molar-refractivity contribution in [3.63, 3.8) is 0 Å². The highest BCUT2D eigenvalue weighted by atomic mass is 16.5. The zero-order valence-electron chi connectivity index (χ0n) is 17.9. The van der Waals surface area contributed by atoms with Crippen LogP contribution >= 0.6 is 0 Å². The molecule has 2 N–H and O–H groups in total. The van der Waals surface area contributed by atoms with Crippen molar-refractivity contribution in [2.45, 2.75) is 26.8 Å². The molecule has 4 rings (SSSR count). The highest BCUT2D eigenvalue weighted by molar-refractivity contribution is 5.95. The molecule has 0 spiro atoms. The van der Waals surface area contributed by atoms with E-state index in [1.165, 1.54) is 4.52 Å². The Labute approximate surface area is 179 Å². The zero-order chi connectivity index (χ0) is 22.1. The largest absolute Gasteiger partial charge is 0.497 e. The van der Waals surface area contributed by atoms with Gasteiger partial charge in [-0.1, -0.05) is 24.3 Å². The van der Waals surface area contributed by atoms with Gasteiger partial charge in [-0.05, 0) is 61.7 Å². The molecule has 1 amide bonds. The highest BCUT2D eigenvalue weighted by Crippen LogP contribution is 2.20. The number of nitrogens with one attached hydrogen (secondary N) is 2. The van der Waals surface area contributed by atoms with E-state index in [2.05, 4.69) is 15.4 Å². The van der Waals surface area contributed by atoms with Gasteiger partial charge in [-0.25, -0.2) is 4.52 Å². The van der Waals surface area contributed by atoms with Gasteiger partial charge < -0.3 is 15.0 Å². The predicted molar refractivity (Wildman–Crippen MR) is 120 cm³/mol. The van der Waals surface area contributed by atoms with Gasteiger partial charge in [-0.3, -0.25) is 9.59 Å². The van der Waals surface area contributed by atoms with Crippen LogP contribution in [0.1, 0.15) is 40.0 Å². The van der Waals surface area contributed by atoms with E-state index in [-0.39, 0.29) is 17.5 Å². The summed E-state index contributed by atoms with van der Waals surface area (Å²) in [5, 5.41) is 7.46. The molecule has 2 heterocycles. The fraction of sp³-hybridized carbons (Fsp3) is 0.208. The Morgan fingerprint density at radius 3 is 2.52 bits per heavy atom. The summed E-state index contributed by atoms with van der Waals surface area (Å²) in [4.78, 5) is 28.2. The SMILES string of the molecule is COc1ccc(C(C)NC(=O)c2cc3c(=O)[nH]c(-c4ccc(C)c(C)c4)nn3c2)cc1. The number of aromatic amines is 1. The van der Waals surface area contributed by atoms with Crippen molar-refractivity contribution >= 4 is 11.4 Å². The number of methoxy groups -OCH3 is 1. The van der Waals surface area contributed by atoms with Crippen LogP contribution in [-0.4, -0.2) is 27.6 Å². The summed E-state index contributed by atoms with van der Waals surface area (Å²) in [6.45, 7) is 5.94. The van der Waals surface area contributed by atoms with E-state index >= 15 is 0 Å². The molecule has 31 heavy (non-hydrogen) atoms. The first-order valence-electron chi connectivity index (χ1n) is 10.0. The van der Waals surface area contributed by atoms with Crippen LogP contribution in [0.3, 0.4) is 0 Å². The summed E-state index contributed by atoms with van der Waals surface area (Å²) in [6.07, 6.45) is 1.57. The molecule has 0 aliphatic carbocycles. The van der Waals surface area contributed by atoms with Crippen molar-refractivity contribution in [3.05, 3.63) is 87.3 Å². The summed E-state index contributed by atoms with van der Waals surface area (Å²) >= 11 is 0. The van der Waals surface area contributed by atoms with Crippen LogP contribution in [0.4, 0.5) is 0 Å². The number of nitrogens with zero attached hydrogens (tertiary/aromatic N) is 2. The Balaban J connectivity index is 1.60. The molecule has 0 saturated carbocycles. The molecule has 0 fully saturated rings. The summed E-state index contributed by atoms with van der Waals surface area (Å²) in [5.74, 6) is 0.932. The number of benzene rings is 2. The van der Waals surface area contributed by atoms with Gasteiger partial charge in [-0.2, -0.15) is 0 Å². The molecule has 0 bridgehead atoms. The third-order valence-electron chi connectivity index (χ3n) is 5.48. The number of carbonyl (C=O) groups is 1. The Morgan fingerprint density at radius 2 is 1.84 bits per heavy atom. The number of H-pyrrole nitrogens is 1. The van der Waals surface area contributed by atoms with Gasteiger partial charge in [0.15, 0.2) is 5.82 Å². The molecule has 2 aromatic heterocycles. The number of ether oxygens (including phenoxy) is 1. The Morgan fingerprint density at radius 1 is 1.10 bits per heavy atom. The molecule has 0 saturated heterocycles. The summed E-state index contributed by atoms with van der Waals surface area (Å²) < 4.78 is 6.62. The summed E-state index contributed by atoms with van der Waals surface area (Å²) in [7, 11) is 1.61. The van der Waals surface area contributed by atoms with Crippen LogP contribution in [0, 0.1) is 13.8 Å². The van der Waals surface area contributed by atoms with Crippen molar-refractivity contribution in [1.29, 1.82) is 0 Å². The van der Waals surface area contributed by atoms with Crippen LogP contribution in [0.25, 0.3) is 16.9 Å². The van der Waals surface area contributed by atoms with Crippen molar-refractivity contribution in [3.8, 4) is 17.1 Å². The van der Waals surface area contributed by atoms with Crippen molar-refractivity contribution < 1.29 is 9.53 Å². The first-order valence-corrected chi connectivity index (χ1v) is 10.0. The van der Waals surface area contributed by atoms with Gasteiger partial charge >= 0.3 is 0 Å². The van der Waals surface area contributed by atoms with E-state index in [9.17, 15) is 9.59 Å². The number of aryl methyl sites for hydroxylation is 2. The summed E-state index contributed by atoms with van der Waals surface area (Å²) in [6, 6.07) is 14.7. The third kappa shape index (κ3) is 4.07. The van der Waals surface area contributed by atoms with Gasteiger partial charge in [0.1, 0.15) is 11.3 Å². The standard InChI is InChI=1S/C24H24N4O3/c1-14-5-6-18(11-15(14)2)22-26-24(30)21-12-19(13-28(21)27-22)23(29)25-16(3)17-7-9-20(31-4)10-8-17/h5-13,16H,1-4H3,(H,25,29)(H,26,27,30). The average molecular weight is 416 g/mol. The topological polar surface area (TPSA) is 88.5 Å². The quantitative estimate of drug-likeness (QED) is 0.518. The van der Waals surface area contributed by atoms with Crippen LogP contribution in [0.5, 0.6) is 5.75 Å². The minimum Gasteiger partial charge on any atom is -0.497 e. The molecule has 4 aromatic rings. The van der Waals surface area contributed by atoms with E-state index in [0.29, 0.717) is 16.9 Å². The molecule has 2 aromatic carbocycles. The second-order valence-corrected chi connectivity index (χ2v) is 7.63. The monoisotopic (exact) mass is 416 g/mol. The lowest BCUT2D eigenvalue weighted by atomic mass is 10.1. The lowest BCUT2D eigenvalue weighted by molar-refractivity contribution is 0.0940. The van der Waals surface area contributed by atoms with Gasteiger partial charge in [0.05, 0.1) is 18.7 Å². The van der Waals surface area contributed by atoms with Crippen LogP contribution in [-0.2, 0) is 0 Å². The van der Waals surface area contributed by atoms with E-state index in [4.69, 9.17) is 4.74 Å². The maximum absolute atomic E-state index is 12.8. The fourth-order valence-corrected chi connectivity index (χ4v) is 3.41. The number of amides is 1. The van der Waals surface area contributed by atoms with Crippen molar-refractivity contribution in [2.75, 3.05) is 7.11 Å². The molecule has 158 valence electrons. The first-order chi connectivity index (χ1) is 14.9. The van der Waals surface area contributed by atoms with E-state index < -0.39 is 0 Å². The van der Waals surface area contributed by atoms with Crippen molar-refractivity contribution in [2.24, 2.45) is 0 Å². The van der Waals surface area contributed by atoms with E-state index in [1.54, 1.807) is 19.4 Å². The lowest BCUT2D eigenvalue weighted by Crippen LogP contribution is -2.26. The predicted octanol–water partition coefficient (Wildman–Crippen LogP) is 3.81. The lowest BCUT2D eigenvalue weighted by Gasteiger charge is -2.14. The Kier molecular flexibility index (Phi) is 5.33. The molecule has 0 aliphatic rings. The van der Waals surface area contributed by atoms with Crippen molar-refractivity contribution in [1.82, 2.24) is 19.9 Å². The number of hydrogen-bond donors (Lipinski definition) is 2. The number of aromatic nitrogens is 3. The zero-order valence-corrected chi connectivity index (χ0v) is 17.9. The van der Waals surface area contributed by atoms with Crippen LogP contribution in [0.15, 0.2) is 59.5 Å². The van der Waals surface area contributed by atoms with Crippen LogP contribution < -0.4 is 15.6 Å². The van der Waals surface area contributed by atoms with Gasteiger partial charge in [0.2, 0.25) is 0 Å². The van der Waals surface area contributed by atoms with Gasteiger partial charge in [-0.15, -0.1) is 5.10 Å².